The van der Waals surface area contributed by atoms with Gasteiger partial charge in [0.15, 0.2) is 0 Å². The first-order valence-corrected chi connectivity index (χ1v) is 6.93. The molecule has 7 heteroatoms. The van der Waals surface area contributed by atoms with Crippen LogP contribution < -0.4 is 10.6 Å². The quantitative estimate of drug-likeness (QED) is 0.628. The molecule has 0 aromatic rings. The molecule has 0 saturated carbocycles. The Kier molecular flexibility index (Phi) is 4.69. The Morgan fingerprint density at radius 1 is 1.50 bits per heavy atom. The number of nitrogens with one attached hydrogen (secondary N) is 2. The second-order valence-corrected chi connectivity index (χ2v) is 6.38. The van der Waals surface area contributed by atoms with Crippen LogP contribution >= 0.6 is 0 Å². The summed E-state index contributed by atoms with van der Waals surface area (Å²) < 4.78 is 24.0. The van der Waals surface area contributed by atoms with Crippen LogP contribution in [-0.4, -0.2) is 58.1 Å². The van der Waals surface area contributed by atoms with Crippen LogP contribution in [0.2, 0.25) is 0 Å². The van der Waals surface area contributed by atoms with E-state index in [2.05, 4.69) is 10.6 Å². The molecule has 0 bridgehead atoms. The van der Waals surface area contributed by atoms with E-state index < -0.39 is 10.0 Å². The summed E-state index contributed by atoms with van der Waals surface area (Å²) in [7, 11) is -0.246. The summed E-state index contributed by atoms with van der Waals surface area (Å²) in [5.74, 6) is -0.118. The normalized spacial score (nSPS) is 21.3. The first-order chi connectivity index (χ1) is 7.43. The van der Waals surface area contributed by atoms with E-state index >= 15 is 0 Å². The van der Waals surface area contributed by atoms with Crippen LogP contribution in [0.25, 0.3) is 0 Å². The summed E-state index contributed by atoms with van der Waals surface area (Å²) in [5, 5.41) is 5.74. The molecule has 0 radical (unpaired) electrons. The van der Waals surface area contributed by atoms with Gasteiger partial charge in [-0.2, -0.15) is 0 Å². The maximum absolute atomic E-state index is 11.5. The summed E-state index contributed by atoms with van der Waals surface area (Å²) in [6, 6.07) is 0. The second-order valence-electron chi connectivity index (χ2n) is 4.08. The maximum Gasteiger partial charge on any atom is 0.224 e. The molecular formula is C9H19N3O3S. The molecule has 1 saturated heterocycles. The number of sulfonamides is 1. The van der Waals surface area contributed by atoms with Crippen molar-refractivity contribution in [2.45, 2.75) is 6.42 Å². The van der Waals surface area contributed by atoms with Gasteiger partial charge in [-0.15, -0.1) is 0 Å². The fourth-order valence-electron chi connectivity index (χ4n) is 1.51. The van der Waals surface area contributed by atoms with Crippen molar-refractivity contribution in [1.29, 1.82) is 0 Å². The molecule has 1 rings (SSSR count). The molecule has 6 nitrogen and oxygen atoms in total. The van der Waals surface area contributed by atoms with E-state index in [4.69, 9.17) is 0 Å². The van der Waals surface area contributed by atoms with Crippen LogP contribution in [-0.2, 0) is 14.8 Å². The summed E-state index contributed by atoms with van der Waals surface area (Å²) in [6.07, 6.45) is 0.826. The Bertz CT molecular complexity index is 334. The predicted molar refractivity (Wildman–Crippen MR) is 61.5 cm³/mol. The lowest BCUT2D eigenvalue weighted by molar-refractivity contribution is -0.124. The average molecular weight is 249 g/mol. The molecule has 1 unspecified atom stereocenters. The zero-order valence-electron chi connectivity index (χ0n) is 9.69. The van der Waals surface area contributed by atoms with Gasteiger partial charge in [0.05, 0.1) is 11.7 Å². The van der Waals surface area contributed by atoms with E-state index in [0.29, 0.717) is 6.54 Å². The van der Waals surface area contributed by atoms with Crippen molar-refractivity contribution in [3.05, 3.63) is 0 Å². The van der Waals surface area contributed by atoms with E-state index in [1.54, 1.807) is 0 Å². The van der Waals surface area contributed by atoms with E-state index in [1.807, 2.05) is 0 Å². The molecule has 1 aliphatic heterocycles. The molecule has 94 valence electrons. The first kappa shape index (κ1) is 13.4. The lowest BCUT2D eigenvalue weighted by Crippen LogP contribution is -2.37. The molecule has 2 N–H and O–H groups in total. The molecule has 1 heterocycles. The van der Waals surface area contributed by atoms with Crippen LogP contribution in [0.1, 0.15) is 6.42 Å². The van der Waals surface area contributed by atoms with E-state index in [-0.39, 0.29) is 24.1 Å². The SMILES string of the molecule is CN(C)S(=O)(=O)CCNC(=O)C1CCNC1. The van der Waals surface area contributed by atoms with E-state index in [1.165, 1.54) is 14.1 Å². The van der Waals surface area contributed by atoms with Gasteiger partial charge in [-0.05, 0) is 13.0 Å². The van der Waals surface area contributed by atoms with Gasteiger partial charge in [0, 0.05) is 27.2 Å². The van der Waals surface area contributed by atoms with Crippen LogP contribution in [0.5, 0.6) is 0 Å². The highest BCUT2D eigenvalue weighted by atomic mass is 32.2. The molecule has 1 aliphatic rings. The van der Waals surface area contributed by atoms with Crippen LogP contribution in [0.4, 0.5) is 0 Å². The van der Waals surface area contributed by atoms with Crippen molar-refractivity contribution in [2.75, 3.05) is 39.5 Å². The van der Waals surface area contributed by atoms with Gasteiger partial charge in [-0.1, -0.05) is 0 Å². The van der Waals surface area contributed by atoms with Gasteiger partial charge in [-0.25, -0.2) is 12.7 Å². The zero-order valence-corrected chi connectivity index (χ0v) is 10.5. The van der Waals surface area contributed by atoms with Gasteiger partial charge in [0.2, 0.25) is 15.9 Å². The highest BCUT2D eigenvalue weighted by Gasteiger charge is 2.22. The largest absolute Gasteiger partial charge is 0.355 e. The van der Waals surface area contributed by atoms with Crippen molar-refractivity contribution in [3.63, 3.8) is 0 Å². The summed E-state index contributed by atoms with van der Waals surface area (Å²) in [5.41, 5.74) is 0. The molecule has 1 atom stereocenters. The number of hydrogen-bond donors (Lipinski definition) is 2. The number of rotatable bonds is 5. The van der Waals surface area contributed by atoms with Crippen molar-refractivity contribution < 1.29 is 13.2 Å². The van der Waals surface area contributed by atoms with Crippen molar-refractivity contribution in [3.8, 4) is 0 Å². The number of nitrogens with zero attached hydrogens (tertiary/aromatic N) is 1. The number of amides is 1. The topological polar surface area (TPSA) is 78.5 Å². The Morgan fingerprint density at radius 2 is 2.19 bits per heavy atom. The molecule has 0 aromatic heterocycles. The van der Waals surface area contributed by atoms with Gasteiger partial charge in [-0.3, -0.25) is 4.79 Å². The smallest absolute Gasteiger partial charge is 0.224 e. The van der Waals surface area contributed by atoms with Crippen molar-refractivity contribution in [2.24, 2.45) is 5.92 Å². The highest BCUT2D eigenvalue weighted by molar-refractivity contribution is 7.89. The second kappa shape index (κ2) is 5.60. The van der Waals surface area contributed by atoms with Gasteiger partial charge in [0.25, 0.3) is 0 Å². The third-order valence-electron chi connectivity index (χ3n) is 2.65. The Balaban J connectivity index is 2.27. The third kappa shape index (κ3) is 3.73. The molecule has 0 spiro atoms. The molecular weight excluding hydrogens is 230 g/mol. The lowest BCUT2D eigenvalue weighted by atomic mass is 10.1. The molecule has 1 amide bonds. The molecule has 0 aliphatic carbocycles. The Hall–Kier alpha value is -0.660. The Morgan fingerprint density at radius 3 is 2.69 bits per heavy atom. The predicted octanol–water partition coefficient (Wildman–Crippen LogP) is -1.40. The fourth-order valence-corrected chi connectivity index (χ4v) is 2.23. The number of hydrogen-bond acceptors (Lipinski definition) is 4. The number of carbonyl (C=O) groups is 1. The maximum atomic E-state index is 11.5. The fraction of sp³-hybridized carbons (Fsp3) is 0.889. The van der Waals surface area contributed by atoms with E-state index in [9.17, 15) is 13.2 Å². The van der Waals surface area contributed by atoms with Gasteiger partial charge in [0.1, 0.15) is 0 Å². The lowest BCUT2D eigenvalue weighted by Gasteiger charge is -2.13. The monoisotopic (exact) mass is 249 g/mol. The van der Waals surface area contributed by atoms with Gasteiger partial charge >= 0.3 is 0 Å². The van der Waals surface area contributed by atoms with Crippen molar-refractivity contribution >= 4 is 15.9 Å². The summed E-state index contributed by atoms with van der Waals surface area (Å²) >= 11 is 0. The van der Waals surface area contributed by atoms with Crippen LogP contribution in [0.3, 0.4) is 0 Å². The minimum absolute atomic E-state index is 0.0120. The zero-order chi connectivity index (χ0) is 12.2. The molecule has 0 aromatic carbocycles. The Labute approximate surface area is 96.4 Å². The summed E-state index contributed by atoms with van der Waals surface area (Å²) in [6.45, 7) is 1.72. The first-order valence-electron chi connectivity index (χ1n) is 5.32. The summed E-state index contributed by atoms with van der Waals surface area (Å²) in [4.78, 5) is 11.5. The van der Waals surface area contributed by atoms with Crippen molar-refractivity contribution in [1.82, 2.24) is 14.9 Å². The third-order valence-corrected chi connectivity index (χ3v) is 4.48. The molecule has 16 heavy (non-hydrogen) atoms. The van der Waals surface area contributed by atoms with Crippen LogP contribution in [0.15, 0.2) is 0 Å². The standard InChI is InChI=1S/C9H19N3O3S/c1-12(2)16(14,15)6-5-11-9(13)8-3-4-10-7-8/h8,10H,3-7H2,1-2H3,(H,11,13). The molecule has 1 fully saturated rings. The highest BCUT2D eigenvalue weighted by Crippen LogP contribution is 2.06. The average Bonchev–Trinajstić information content (AvgIpc) is 2.69. The minimum Gasteiger partial charge on any atom is -0.355 e. The minimum atomic E-state index is -3.21. The van der Waals surface area contributed by atoms with Crippen LogP contribution in [0, 0.1) is 5.92 Å². The number of carbonyl (C=O) groups excluding carboxylic acids is 1. The van der Waals surface area contributed by atoms with Gasteiger partial charge < -0.3 is 10.6 Å². The van der Waals surface area contributed by atoms with E-state index in [0.717, 1.165) is 17.3 Å².